The van der Waals surface area contributed by atoms with Crippen molar-refractivity contribution < 1.29 is 24.5 Å². The summed E-state index contributed by atoms with van der Waals surface area (Å²) in [5.74, 6) is 0.522. The van der Waals surface area contributed by atoms with Crippen molar-refractivity contribution >= 4 is 46.1 Å². The number of urea groups is 1. The molecule has 40 heavy (non-hydrogen) atoms. The lowest BCUT2D eigenvalue weighted by Crippen LogP contribution is -2.36. The summed E-state index contributed by atoms with van der Waals surface area (Å²) in [6.07, 6.45) is 1.03. The molecule has 1 aromatic heterocycles. The van der Waals surface area contributed by atoms with Crippen molar-refractivity contribution in [2.24, 2.45) is 0 Å². The molecule has 11 heteroatoms. The van der Waals surface area contributed by atoms with Crippen LogP contribution in [-0.4, -0.2) is 56.3 Å². The number of H-pyrrole nitrogens is 1. The number of carbonyl (C=O) groups excluding carboxylic acids is 2. The number of imidazole rings is 1. The summed E-state index contributed by atoms with van der Waals surface area (Å²) >= 11 is 8.67. The Labute approximate surface area is 249 Å². The molecule has 2 unspecified atom stereocenters. The lowest BCUT2D eigenvalue weighted by atomic mass is 10.0. The van der Waals surface area contributed by atoms with E-state index in [0.717, 1.165) is 14.7 Å². The van der Waals surface area contributed by atoms with Gasteiger partial charge in [0, 0.05) is 15.6 Å². The van der Waals surface area contributed by atoms with Crippen LogP contribution in [0.4, 0.5) is 4.79 Å². The molecule has 2 heterocycles. The first kappa shape index (κ1) is 28.1. The third kappa shape index (κ3) is 6.15. The normalized spacial score (nSPS) is 16.6. The molecule has 0 saturated carbocycles. The smallest absolute Gasteiger partial charge is 0.325 e. The average molecular weight is 673 g/mol. The Balaban J connectivity index is 1.42. The Hall–Kier alpha value is -3.45. The maximum Gasteiger partial charge on any atom is 0.325 e. The van der Waals surface area contributed by atoms with Gasteiger partial charge in [0.2, 0.25) is 0 Å². The van der Waals surface area contributed by atoms with Crippen LogP contribution in [0.3, 0.4) is 0 Å². The van der Waals surface area contributed by atoms with E-state index in [-0.39, 0.29) is 6.61 Å². The van der Waals surface area contributed by atoms with Crippen LogP contribution in [0.2, 0.25) is 5.02 Å². The average Bonchev–Trinajstić information content (AvgIpc) is 3.55. The van der Waals surface area contributed by atoms with Gasteiger partial charge in [0.1, 0.15) is 36.4 Å². The number of ether oxygens (including phenoxy) is 1. The van der Waals surface area contributed by atoms with Crippen molar-refractivity contribution in [2.75, 3.05) is 13.2 Å². The highest BCUT2D eigenvalue weighted by Gasteiger charge is 2.44. The van der Waals surface area contributed by atoms with E-state index in [0.29, 0.717) is 34.3 Å². The fourth-order valence-electron chi connectivity index (χ4n) is 4.51. The van der Waals surface area contributed by atoms with E-state index in [1.54, 1.807) is 30.5 Å². The second-order valence-electron chi connectivity index (χ2n) is 9.32. The summed E-state index contributed by atoms with van der Waals surface area (Å²) in [6.45, 7) is -0.474. The molecule has 1 saturated heterocycles. The zero-order valence-corrected chi connectivity index (χ0v) is 24.0. The van der Waals surface area contributed by atoms with Crippen molar-refractivity contribution in [3.8, 4) is 17.0 Å². The summed E-state index contributed by atoms with van der Waals surface area (Å²) < 4.78 is 6.45. The van der Waals surface area contributed by atoms with Gasteiger partial charge in [-0.05, 0) is 58.0 Å². The third-order valence-electron chi connectivity index (χ3n) is 6.55. The number of aromatic nitrogens is 2. The van der Waals surface area contributed by atoms with E-state index in [2.05, 4.69) is 37.9 Å². The van der Waals surface area contributed by atoms with Crippen molar-refractivity contribution in [1.82, 2.24) is 20.2 Å². The minimum Gasteiger partial charge on any atom is -0.491 e. The lowest BCUT2D eigenvalue weighted by molar-refractivity contribution is -0.129. The number of nitrogens with one attached hydrogen (secondary N) is 2. The molecule has 3 amide bonds. The van der Waals surface area contributed by atoms with E-state index in [1.165, 1.54) is 4.90 Å². The summed E-state index contributed by atoms with van der Waals surface area (Å²) in [5, 5.41) is 21.8. The second-order valence-corrected chi connectivity index (χ2v) is 11.0. The van der Waals surface area contributed by atoms with Gasteiger partial charge in [-0.1, -0.05) is 60.1 Å². The van der Waals surface area contributed by atoms with Crippen LogP contribution in [0.25, 0.3) is 11.3 Å². The minimum absolute atomic E-state index is 0.0670. The molecule has 1 fully saturated rings. The van der Waals surface area contributed by atoms with Crippen LogP contribution < -0.4 is 10.1 Å². The fourth-order valence-corrected chi connectivity index (χ4v) is 5.47. The maximum absolute atomic E-state index is 13.7. The molecule has 3 aromatic carbocycles. The quantitative estimate of drug-likeness (QED) is 0.144. The standard InChI is InChI=1S/C29H26ClIN4O5/c30-23-13-19(31)8-11-22(23)24-14-32-27(33-24)25(12-17-4-2-1-3-5-17)35-28(38)26(34-29(35)39)18-6-9-21(10-7-18)40-16-20(37)15-36/h1-11,13-14,20,25-26,36-37H,12,15-16H2,(H,32,33)(H,34,39)/t20?,25-,26?/m0/s1. The molecule has 9 nitrogen and oxygen atoms in total. The molecule has 0 aliphatic carbocycles. The highest BCUT2D eigenvalue weighted by molar-refractivity contribution is 14.1. The third-order valence-corrected chi connectivity index (χ3v) is 7.54. The first-order chi connectivity index (χ1) is 19.3. The number of benzene rings is 3. The number of nitrogens with zero attached hydrogens (tertiary/aromatic N) is 2. The van der Waals surface area contributed by atoms with Gasteiger partial charge in [0.05, 0.1) is 23.5 Å². The fraction of sp³-hybridized carbons (Fsp3) is 0.207. The van der Waals surface area contributed by atoms with E-state index < -0.39 is 36.7 Å². The molecule has 3 atom stereocenters. The lowest BCUT2D eigenvalue weighted by Gasteiger charge is -2.24. The van der Waals surface area contributed by atoms with Gasteiger partial charge < -0.3 is 25.3 Å². The predicted molar refractivity (Wildman–Crippen MR) is 158 cm³/mol. The molecule has 4 N–H and O–H groups in total. The zero-order valence-electron chi connectivity index (χ0n) is 21.1. The van der Waals surface area contributed by atoms with E-state index >= 15 is 0 Å². The monoisotopic (exact) mass is 672 g/mol. The minimum atomic E-state index is -0.991. The number of hydrogen-bond acceptors (Lipinski definition) is 6. The maximum atomic E-state index is 13.7. The van der Waals surface area contributed by atoms with Gasteiger partial charge >= 0.3 is 6.03 Å². The Kier molecular flexibility index (Phi) is 8.69. The number of imide groups is 1. The number of hydrogen-bond donors (Lipinski definition) is 4. The molecule has 206 valence electrons. The number of carbonyl (C=O) groups is 2. The molecule has 5 rings (SSSR count). The molecule has 0 radical (unpaired) electrons. The number of rotatable bonds is 10. The van der Waals surface area contributed by atoms with Crippen LogP contribution >= 0.6 is 34.2 Å². The summed E-state index contributed by atoms with van der Waals surface area (Å²) in [6, 6.07) is 19.8. The van der Waals surface area contributed by atoms with E-state index in [4.69, 9.17) is 21.4 Å². The van der Waals surface area contributed by atoms with Crippen LogP contribution in [-0.2, 0) is 11.2 Å². The number of halogens is 2. The van der Waals surface area contributed by atoms with Crippen LogP contribution in [0.5, 0.6) is 5.75 Å². The van der Waals surface area contributed by atoms with Crippen molar-refractivity contribution in [3.63, 3.8) is 0 Å². The number of aliphatic hydroxyl groups excluding tert-OH is 2. The number of amides is 3. The van der Waals surface area contributed by atoms with Gasteiger partial charge in [-0.2, -0.15) is 0 Å². The van der Waals surface area contributed by atoms with Crippen molar-refractivity contribution in [2.45, 2.75) is 24.6 Å². The number of aromatic amines is 1. The molecule has 4 aromatic rings. The highest BCUT2D eigenvalue weighted by atomic mass is 127. The predicted octanol–water partition coefficient (Wildman–Crippen LogP) is 4.64. The van der Waals surface area contributed by atoms with Crippen LogP contribution in [0, 0.1) is 3.57 Å². The molecule has 1 aliphatic heterocycles. The first-order valence-electron chi connectivity index (χ1n) is 12.5. The molecular formula is C29H26ClIN4O5. The summed E-state index contributed by atoms with van der Waals surface area (Å²) in [5.41, 5.74) is 2.97. The Bertz CT molecular complexity index is 1500. The van der Waals surface area contributed by atoms with Gasteiger partial charge in [-0.3, -0.25) is 9.69 Å². The van der Waals surface area contributed by atoms with Crippen LogP contribution in [0.15, 0.2) is 79.0 Å². The Morgan fingerprint density at radius 3 is 2.52 bits per heavy atom. The number of aliphatic hydroxyl groups is 2. The van der Waals surface area contributed by atoms with Crippen molar-refractivity contribution in [1.29, 1.82) is 0 Å². The first-order valence-corrected chi connectivity index (χ1v) is 14.0. The van der Waals surface area contributed by atoms with E-state index in [9.17, 15) is 14.7 Å². The summed E-state index contributed by atoms with van der Waals surface area (Å²) in [7, 11) is 0. The summed E-state index contributed by atoms with van der Waals surface area (Å²) in [4.78, 5) is 36.1. The van der Waals surface area contributed by atoms with Gasteiger partial charge in [0.25, 0.3) is 5.91 Å². The van der Waals surface area contributed by atoms with Gasteiger partial charge in [-0.15, -0.1) is 0 Å². The van der Waals surface area contributed by atoms with Gasteiger partial charge in [0.15, 0.2) is 0 Å². The molecule has 0 spiro atoms. The molecular weight excluding hydrogens is 647 g/mol. The van der Waals surface area contributed by atoms with Gasteiger partial charge in [-0.25, -0.2) is 9.78 Å². The Morgan fingerprint density at radius 1 is 1.07 bits per heavy atom. The van der Waals surface area contributed by atoms with E-state index in [1.807, 2.05) is 48.5 Å². The molecule has 0 bridgehead atoms. The highest BCUT2D eigenvalue weighted by Crippen LogP contribution is 2.34. The van der Waals surface area contributed by atoms with Crippen LogP contribution in [0.1, 0.15) is 29.0 Å². The zero-order chi connectivity index (χ0) is 28.2. The van der Waals surface area contributed by atoms with Crippen molar-refractivity contribution in [3.05, 3.63) is 105 Å². The second kappa shape index (κ2) is 12.4. The SMILES string of the molecule is O=C1NC(c2ccc(OCC(O)CO)cc2)C(=O)N1[C@@H](Cc1ccccc1)c1ncc(-c2ccc(I)cc2Cl)[nH]1. The Morgan fingerprint density at radius 2 is 1.82 bits per heavy atom. The largest absolute Gasteiger partial charge is 0.491 e. The molecule has 1 aliphatic rings. The topological polar surface area (TPSA) is 128 Å².